The minimum absolute atomic E-state index is 0.230. The number of aromatic nitrogens is 1. The Balaban J connectivity index is 2.12. The molecule has 0 atom stereocenters. The first-order valence-corrected chi connectivity index (χ1v) is 7.73. The molecule has 122 valence electrons. The van der Waals surface area contributed by atoms with E-state index in [0.29, 0.717) is 21.6 Å². The molecule has 1 heterocycles. The molecule has 24 heavy (non-hydrogen) atoms. The lowest BCUT2D eigenvalue weighted by atomic mass is 10.1. The van der Waals surface area contributed by atoms with E-state index in [1.807, 2.05) is 0 Å². The molecule has 1 aromatic heterocycles. The van der Waals surface area contributed by atoms with Crippen LogP contribution >= 0.6 is 23.2 Å². The number of rotatable bonds is 2. The average molecular weight is 363 g/mol. The van der Waals surface area contributed by atoms with Gasteiger partial charge in [0, 0.05) is 17.5 Å². The zero-order chi connectivity index (χ0) is 17.4. The van der Waals surface area contributed by atoms with E-state index in [-0.39, 0.29) is 16.3 Å². The van der Waals surface area contributed by atoms with Crippen molar-refractivity contribution in [2.45, 2.75) is 0 Å². The molecule has 0 fully saturated rings. The number of aromatic hydroxyl groups is 1. The van der Waals surface area contributed by atoms with Crippen molar-refractivity contribution in [3.8, 4) is 5.75 Å². The van der Waals surface area contributed by atoms with Crippen molar-refractivity contribution >= 4 is 45.7 Å². The summed E-state index contributed by atoms with van der Waals surface area (Å²) in [5, 5.41) is 14.0. The lowest BCUT2D eigenvalue weighted by Crippen LogP contribution is -2.28. The van der Waals surface area contributed by atoms with Crippen molar-refractivity contribution < 1.29 is 9.90 Å². The predicted molar refractivity (Wildman–Crippen MR) is 95.3 cm³/mol. The van der Waals surface area contributed by atoms with Crippen LogP contribution in [0.3, 0.4) is 0 Å². The van der Waals surface area contributed by atoms with Crippen LogP contribution in [-0.4, -0.2) is 15.6 Å². The Morgan fingerprint density at radius 1 is 1.17 bits per heavy atom. The molecule has 0 spiro atoms. The van der Waals surface area contributed by atoms with E-state index in [9.17, 15) is 14.7 Å². The summed E-state index contributed by atoms with van der Waals surface area (Å²) in [5.74, 6) is -1.11. The minimum Gasteiger partial charge on any atom is -0.506 e. The molecule has 3 rings (SSSR count). The third-order valence-corrected chi connectivity index (χ3v) is 4.23. The third kappa shape index (κ3) is 2.72. The first-order chi connectivity index (χ1) is 11.4. The van der Waals surface area contributed by atoms with Gasteiger partial charge in [0.1, 0.15) is 11.3 Å². The second-order valence-corrected chi connectivity index (χ2v) is 6.03. The van der Waals surface area contributed by atoms with Gasteiger partial charge in [-0.25, -0.2) is 0 Å². The van der Waals surface area contributed by atoms with Crippen LogP contribution in [0.15, 0.2) is 47.3 Å². The number of hydrogen-bond donors (Lipinski definition) is 2. The highest BCUT2D eigenvalue weighted by molar-refractivity contribution is 6.36. The van der Waals surface area contributed by atoms with E-state index in [1.165, 1.54) is 23.7 Å². The van der Waals surface area contributed by atoms with Crippen LogP contribution in [0.5, 0.6) is 5.75 Å². The molecule has 0 saturated heterocycles. The van der Waals surface area contributed by atoms with Crippen molar-refractivity contribution in [2.75, 3.05) is 5.32 Å². The monoisotopic (exact) mass is 362 g/mol. The molecule has 0 radical (unpaired) electrons. The molecule has 7 heteroatoms. The highest BCUT2D eigenvalue weighted by Crippen LogP contribution is 2.29. The van der Waals surface area contributed by atoms with Crippen molar-refractivity contribution in [1.82, 2.24) is 4.57 Å². The van der Waals surface area contributed by atoms with Crippen LogP contribution < -0.4 is 10.9 Å². The van der Waals surface area contributed by atoms with E-state index in [1.54, 1.807) is 30.3 Å². The van der Waals surface area contributed by atoms with Gasteiger partial charge in [-0.1, -0.05) is 35.3 Å². The summed E-state index contributed by atoms with van der Waals surface area (Å²) >= 11 is 11.8. The fourth-order valence-corrected chi connectivity index (χ4v) is 2.92. The summed E-state index contributed by atoms with van der Waals surface area (Å²) in [6.07, 6.45) is 0. The predicted octanol–water partition coefficient (Wildman–Crippen LogP) is 3.80. The molecule has 0 aliphatic heterocycles. The standard InChI is InChI=1S/C17H12Cl2N2O3/c1-21-13-5-3-2-4-10(13)15(22)14(17(21)24)16(23)20-12-7-6-9(18)8-11(12)19/h2-8,22H,1H3,(H,20,23). The lowest BCUT2D eigenvalue weighted by Gasteiger charge is -2.12. The van der Waals surface area contributed by atoms with Gasteiger partial charge in [0.15, 0.2) is 0 Å². The molecule has 1 amide bonds. The quantitative estimate of drug-likeness (QED) is 0.728. The van der Waals surface area contributed by atoms with Crippen LogP contribution in [-0.2, 0) is 7.05 Å². The van der Waals surface area contributed by atoms with E-state index in [0.717, 1.165) is 0 Å². The number of aryl methyl sites for hydroxylation is 1. The van der Waals surface area contributed by atoms with Crippen LogP contribution in [0, 0.1) is 0 Å². The van der Waals surface area contributed by atoms with Gasteiger partial charge in [0.25, 0.3) is 11.5 Å². The molecule has 2 aromatic carbocycles. The molecule has 0 bridgehead atoms. The smallest absolute Gasteiger partial charge is 0.267 e. The van der Waals surface area contributed by atoms with Gasteiger partial charge in [-0.15, -0.1) is 0 Å². The summed E-state index contributed by atoms with van der Waals surface area (Å²) in [7, 11) is 1.54. The molecule has 3 aromatic rings. The Bertz CT molecular complexity index is 1030. The fraction of sp³-hybridized carbons (Fsp3) is 0.0588. The molecular weight excluding hydrogens is 351 g/mol. The number of carbonyl (C=O) groups excluding carboxylic acids is 1. The molecule has 0 unspecified atom stereocenters. The molecule has 0 aliphatic carbocycles. The van der Waals surface area contributed by atoms with Crippen molar-refractivity contribution in [2.24, 2.45) is 7.05 Å². The van der Waals surface area contributed by atoms with Crippen molar-refractivity contribution in [3.05, 3.63) is 68.4 Å². The number of benzene rings is 2. The van der Waals surface area contributed by atoms with Gasteiger partial charge in [0.05, 0.1) is 16.2 Å². The Morgan fingerprint density at radius 2 is 1.88 bits per heavy atom. The van der Waals surface area contributed by atoms with E-state index in [4.69, 9.17) is 23.2 Å². The second-order valence-electron chi connectivity index (χ2n) is 5.18. The maximum Gasteiger partial charge on any atom is 0.267 e. The highest BCUT2D eigenvalue weighted by atomic mass is 35.5. The van der Waals surface area contributed by atoms with Gasteiger partial charge < -0.3 is 15.0 Å². The number of nitrogens with zero attached hydrogens (tertiary/aromatic N) is 1. The van der Waals surface area contributed by atoms with Crippen LogP contribution in [0.25, 0.3) is 10.9 Å². The molecular formula is C17H12Cl2N2O3. The second kappa shape index (κ2) is 6.19. The number of para-hydroxylation sites is 1. The summed E-state index contributed by atoms with van der Waals surface area (Å²) in [6, 6.07) is 11.3. The van der Waals surface area contributed by atoms with E-state index >= 15 is 0 Å². The lowest BCUT2D eigenvalue weighted by molar-refractivity contribution is 0.102. The zero-order valence-corrected chi connectivity index (χ0v) is 14.0. The van der Waals surface area contributed by atoms with E-state index in [2.05, 4.69) is 5.32 Å². The Labute approximate surface area is 147 Å². The maximum absolute atomic E-state index is 12.5. The summed E-state index contributed by atoms with van der Waals surface area (Å²) < 4.78 is 1.31. The number of halogens is 2. The maximum atomic E-state index is 12.5. The number of pyridine rings is 1. The number of amides is 1. The van der Waals surface area contributed by atoms with Gasteiger partial charge in [-0.3, -0.25) is 9.59 Å². The minimum atomic E-state index is -0.747. The number of nitrogens with one attached hydrogen (secondary N) is 1. The van der Waals surface area contributed by atoms with Crippen molar-refractivity contribution in [3.63, 3.8) is 0 Å². The Kier molecular flexibility index (Phi) is 4.22. The number of hydrogen-bond acceptors (Lipinski definition) is 3. The third-order valence-electron chi connectivity index (χ3n) is 3.68. The van der Waals surface area contributed by atoms with Crippen molar-refractivity contribution in [1.29, 1.82) is 0 Å². The van der Waals surface area contributed by atoms with Gasteiger partial charge in [-0.2, -0.15) is 0 Å². The van der Waals surface area contributed by atoms with Gasteiger partial charge in [0.2, 0.25) is 0 Å². The van der Waals surface area contributed by atoms with Gasteiger partial charge in [-0.05, 0) is 30.3 Å². The zero-order valence-electron chi connectivity index (χ0n) is 12.5. The van der Waals surface area contributed by atoms with Crippen LogP contribution in [0.4, 0.5) is 5.69 Å². The summed E-state index contributed by atoms with van der Waals surface area (Å²) in [6.45, 7) is 0. The van der Waals surface area contributed by atoms with Gasteiger partial charge >= 0.3 is 0 Å². The topological polar surface area (TPSA) is 71.3 Å². The average Bonchev–Trinajstić information content (AvgIpc) is 2.55. The van der Waals surface area contributed by atoms with Crippen LogP contribution in [0.2, 0.25) is 10.0 Å². The fourth-order valence-electron chi connectivity index (χ4n) is 2.46. The Hall–Kier alpha value is -2.50. The molecule has 0 aliphatic rings. The molecule has 5 nitrogen and oxygen atoms in total. The first-order valence-electron chi connectivity index (χ1n) is 6.97. The number of fused-ring (bicyclic) bond motifs is 1. The normalized spacial score (nSPS) is 10.8. The number of anilines is 1. The molecule has 0 saturated carbocycles. The summed E-state index contributed by atoms with van der Waals surface area (Å²) in [4.78, 5) is 25.0. The number of carbonyl (C=O) groups is 1. The Morgan fingerprint density at radius 3 is 2.58 bits per heavy atom. The SMILES string of the molecule is Cn1c(=O)c(C(=O)Nc2ccc(Cl)cc2Cl)c(O)c2ccccc21. The highest BCUT2D eigenvalue weighted by Gasteiger charge is 2.21. The van der Waals surface area contributed by atoms with Crippen LogP contribution in [0.1, 0.15) is 10.4 Å². The summed E-state index contributed by atoms with van der Waals surface area (Å²) in [5.41, 5.74) is -0.127. The largest absolute Gasteiger partial charge is 0.506 e. The first kappa shape index (κ1) is 16.4. The van der Waals surface area contributed by atoms with E-state index < -0.39 is 11.5 Å². The molecule has 2 N–H and O–H groups in total.